The number of methoxy groups -OCH3 is 1. The number of carbonyl (C=O) groups is 2. The van der Waals surface area contributed by atoms with Crippen LogP contribution in [0, 0.1) is 5.82 Å². The molecule has 0 bridgehead atoms. The van der Waals surface area contributed by atoms with Crippen molar-refractivity contribution < 1.29 is 28.2 Å². The summed E-state index contributed by atoms with van der Waals surface area (Å²) < 4.78 is 29.6. The Labute approximate surface area is 154 Å². The molecule has 0 radical (unpaired) electrons. The highest BCUT2D eigenvalue weighted by Gasteiger charge is 2.35. The van der Waals surface area contributed by atoms with Crippen molar-refractivity contribution in [2.75, 3.05) is 7.11 Å². The predicted octanol–water partition coefficient (Wildman–Crippen LogP) is 3.00. The molecule has 2 aromatic carbocycles. The molecule has 140 valence electrons. The van der Waals surface area contributed by atoms with E-state index in [0.29, 0.717) is 16.9 Å². The molecule has 0 N–H and O–H groups in total. The van der Waals surface area contributed by atoms with E-state index in [1.165, 1.54) is 45.2 Å². The van der Waals surface area contributed by atoms with Gasteiger partial charge in [-0.25, -0.2) is 4.39 Å². The Morgan fingerprint density at radius 2 is 1.85 bits per heavy atom. The molecule has 1 atom stereocenters. The van der Waals surface area contributed by atoms with Crippen molar-refractivity contribution in [1.82, 2.24) is 5.01 Å². The number of halogens is 1. The fourth-order valence-corrected chi connectivity index (χ4v) is 2.61. The van der Waals surface area contributed by atoms with Crippen molar-refractivity contribution in [1.29, 1.82) is 0 Å². The van der Waals surface area contributed by atoms with Crippen molar-refractivity contribution in [3.8, 4) is 11.5 Å². The average molecular weight is 372 g/mol. The summed E-state index contributed by atoms with van der Waals surface area (Å²) in [7, 11) is 1.44. The van der Waals surface area contributed by atoms with Crippen LogP contribution < -0.4 is 9.47 Å². The first-order chi connectivity index (χ1) is 12.9. The zero-order valence-electron chi connectivity index (χ0n) is 14.9. The van der Waals surface area contributed by atoms with Gasteiger partial charge in [0, 0.05) is 19.4 Å². The third-order valence-electron chi connectivity index (χ3n) is 3.80. The molecule has 0 spiro atoms. The van der Waals surface area contributed by atoms with Crippen molar-refractivity contribution in [3.05, 3.63) is 59.4 Å². The van der Waals surface area contributed by atoms with Crippen LogP contribution >= 0.6 is 0 Å². The molecule has 1 heterocycles. The number of carbonyl (C=O) groups excluding carboxylic acids is 2. The molecular formula is C19H17FN2O5. The SMILES string of the molecule is COc1cccc(C2=NN(C(C)=O)[C@@H](c3ccc(F)cc3)O2)c1OC(C)=O. The smallest absolute Gasteiger partial charge is 0.308 e. The fraction of sp³-hybridized carbons (Fsp3) is 0.211. The number of benzene rings is 2. The quantitative estimate of drug-likeness (QED) is 0.609. The number of hydrogen-bond acceptors (Lipinski definition) is 6. The van der Waals surface area contributed by atoms with E-state index in [2.05, 4.69) is 5.10 Å². The zero-order valence-corrected chi connectivity index (χ0v) is 14.9. The lowest BCUT2D eigenvalue weighted by Gasteiger charge is -2.19. The number of ether oxygens (including phenoxy) is 3. The van der Waals surface area contributed by atoms with Gasteiger partial charge < -0.3 is 14.2 Å². The van der Waals surface area contributed by atoms with Gasteiger partial charge in [-0.15, -0.1) is 5.10 Å². The highest BCUT2D eigenvalue weighted by atomic mass is 19.1. The molecule has 7 nitrogen and oxygen atoms in total. The first-order valence-electron chi connectivity index (χ1n) is 8.07. The van der Waals surface area contributed by atoms with Crippen LogP contribution in [0.3, 0.4) is 0 Å². The van der Waals surface area contributed by atoms with E-state index in [4.69, 9.17) is 14.2 Å². The third-order valence-corrected chi connectivity index (χ3v) is 3.80. The predicted molar refractivity (Wildman–Crippen MR) is 93.6 cm³/mol. The van der Waals surface area contributed by atoms with Crippen molar-refractivity contribution in [2.45, 2.75) is 20.1 Å². The highest BCUT2D eigenvalue weighted by molar-refractivity contribution is 6.00. The Morgan fingerprint density at radius 3 is 2.44 bits per heavy atom. The Kier molecular flexibility index (Phi) is 5.07. The summed E-state index contributed by atoms with van der Waals surface area (Å²) in [5, 5.41) is 5.36. The molecule has 2 aromatic rings. The summed E-state index contributed by atoms with van der Waals surface area (Å²) >= 11 is 0. The summed E-state index contributed by atoms with van der Waals surface area (Å²) in [6.45, 7) is 2.60. The number of para-hydroxylation sites is 1. The van der Waals surface area contributed by atoms with E-state index in [-0.39, 0.29) is 17.6 Å². The van der Waals surface area contributed by atoms with E-state index in [0.717, 1.165) is 5.01 Å². The second kappa shape index (κ2) is 7.45. The van der Waals surface area contributed by atoms with Gasteiger partial charge in [0.2, 0.25) is 18.0 Å². The van der Waals surface area contributed by atoms with Gasteiger partial charge in [0.15, 0.2) is 11.5 Å². The lowest BCUT2D eigenvalue weighted by Crippen LogP contribution is -2.25. The third kappa shape index (κ3) is 3.74. The molecule has 27 heavy (non-hydrogen) atoms. The number of hydrazone groups is 1. The number of hydrogen-bond donors (Lipinski definition) is 0. The van der Waals surface area contributed by atoms with Crippen LogP contribution in [-0.4, -0.2) is 29.9 Å². The first kappa shape index (κ1) is 18.4. The summed E-state index contributed by atoms with van der Waals surface area (Å²) in [5.74, 6) is -0.788. The van der Waals surface area contributed by atoms with Crippen molar-refractivity contribution in [3.63, 3.8) is 0 Å². The monoisotopic (exact) mass is 372 g/mol. The molecule has 0 aromatic heterocycles. The average Bonchev–Trinajstić information content (AvgIpc) is 3.07. The molecule has 0 saturated heterocycles. The molecule has 1 aliphatic rings. The second-order valence-corrected chi connectivity index (χ2v) is 5.72. The van der Waals surface area contributed by atoms with Crippen LogP contribution in [0.1, 0.15) is 31.2 Å². The van der Waals surface area contributed by atoms with Gasteiger partial charge in [-0.3, -0.25) is 9.59 Å². The van der Waals surface area contributed by atoms with Crippen molar-refractivity contribution in [2.24, 2.45) is 5.10 Å². The van der Waals surface area contributed by atoms with Gasteiger partial charge in [-0.05, 0) is 24.3 Å². The lowest BCUT2D eigenvalue weighted by atomic mass is 10.1. The Hall–Kier alpha value is -3.42. The summed E-state index contributed by atoms with van der Waals surface area (Å²) in [5.41, 5.74) is 0.891. The van der Waals surface area contributed by atoms with E-state index in [1.54, 1.807) is 18.2 Å². The van der Waals surface area contributed by atoms with E-state index in [1.807, 2.05) is 0 Å². The lowest BCUT2D eigenvalue weighted by molar-refractivity contribution is -0.135. The van der Waals surface area contributed by atoms with Crippen LogP contribution in [0.2, 0.25) is 0 Å². The summed E-state index contributed by atoms with van der Waals surface area (Å²) in [6.07, 6.45) is -0.866. The minimum absolute atomic E-state index is 0.0784. The molecule has 8 heteroatoms. The zero-order chi connectivity index (χ0) is 19.6. The Bertz CT molecular complexity index is 911. The van der Waals surface area contributed by atoms with Crippen LogP contribution in [0.25, 0.3) is 0 Å². The standard InChI is InChI=1S/C19H17FN2O5/c1-11(23)22-19(13-7-9-14(20)10-8-13)27-18(21-22)15-5-4-6-16(25-3)17(15)26-12(2)24/h4-10,19H,1-3H3/t19-/m1/s1. The van der Waals surface area contributed by atoms with E-state index < -0.39 is 18.0 Å². The molecule has 1 amide bonds. The summed E-state index contributed by atoms with van der Waals surface area (Å²) in [6, 6.07) is 10.5. The minimum atomic E-state index is -0.866. The fourth-order valence-electron chi connectivity index (χ4n) is 2.61. The number of rotatable bonds is 4. The summed E-state index contributed by atoms with van der Waals surface area (Å²) in [4.78, 5) is 23.5. The first-order valence-corrected chi connectivity index (χ1v) is 8.07. The molecule has 1 aliphatic heterocycles. The molecule has 0 aliphatic carbocycles. The van der Waals surface area contributed by atoms with Gasteiger partial charge >= 0.3 is 5.97 Å². The molecular weight excluding hydrogens is 355 g/mol. The van der Waals surface area contributed by atoms with Crippen LogP contribution in [0.4, 0.5) is 4.39 Å². The second-order valence-electron chi connectivity index (χ2n) is 5.72. The van der Waals surface area contributed by atoms with Gasteiger partial charge in [0.05, 0.1) is 12.7 Å². The number of esters is 1. The minimum Gasteiger partial charge on any atom is -0.493 e. The molecule has 3 rings (SSSR count). The van der Waals surface area contributed by atoms with Gasteiger partial charge in [-0.1, -0.05) is 18.2 Å². The van der Waals surface area contributed by atoms with Gasteiger partial charge in [0.1, 0.15) is 5.82 Å². The maximum Gasteiger partial charge on any atom is 0.308 e. The Balaban J connectivity index is 2.02. The number of amides is 1. The van der Waals surface area contributed by atoms with E-state index in [9.17, 15) is 14.0 Å². The topological polar surface area (TPSA) is 77.4 Å². The van der Waals surface area contributed by atoms with Crippen molar-refractivity contribution >= 4 is 17.8 Å². The van der Waals surface area contributed by atoms with Crippen LogP contribution in [0.15, 0.2) is 47.6 Å². The largest absolute Gasteiger partial charge is 0.493 e. The van der Waals surface area contributed by atoms with Crippen LogP contribution in [-0.2, 0) is 14.3 Å². The highest BCUT2D eigenvalue weighted by Crippen LogP contribution is 2.37. The van der Waals surface area contributed by atoms with E-state index >= 15 is 0 Å². The maximum absolute atomic E-state index is 13.2. The number of nitrogens with zero attached hydrogens (tertiary/aromatic N) is 2. The normalized spacial score (nSPS) is 15.8. The molecule has 0 fully saturated rings. The molecule has 0 unspecified atom stereocenters. The maximum atomic E-state index is 13.2. The van der Waals surface area contributed by atoms with Crippen LogP contribution in [0.5, 0.6) is 11.5 Å². The molecule has 0 saturated carbocycles. The van der Waals surface area contributed by atoms with Gasteiger partial charge in [-0.2, -0.15) is 5.01 Å². The Morgan fingerprint density at radius 1 is 1.15 bits per heavy atom. The van der Waals surface area contributed by atoms with Gasteiger partial charge in [0.25, 0.3) is 0 Å².